The number of aryl methyl sites for hydroxylation is 1. The van der Waals surface area contributed by atoms with Crippen LogP contribution in [-0.4, -0.2) is 37.0 Å². The molecule has 3 rings (SSSR count). The lowest BCUT2D eigenvalue weighted by atomic mass is 10.3. The first kappa shape index (κ1) is 14.1. The maximum Gasteiger partial charge on any atom is 0.357 e. The number of carbonyl (C=O) groups is 1. The zero-order chi connectivity index (χ0) is 15.5. The number of aromatic nitrogens is 5. The molecule has 8 nitrogen and oxygen atoms in total. The molecule has 0 atom stereocenters. The molecule has 1 N–H and O–H groups in total. The minimum atomic E-state index is -0.448. The highest BCUT2D eigenvalue weighted by Crippen LogP contribution is 2.14. The van der Waals surface area contributed by atoms with Gasteiger partial charge in [0.25, 0.3) is 0 Å². The van der Waals surface area contributed by atoms with Crippen molar-refractivity contribution in [1.82, 2.24) is 24.4 Å². The summed E-state index contributed by atoms with van der Waals surface area (Å²) < 4.78 is 8.37. The van der Waals surface area contributed by atoms with E-state index in [0.29, 0.717) is 24.6 Å². The monoisotopic (exact) mass is 300 g/mol. The lowest BCUT2D eigenvalue weighted by Crippen LogP contribution is -2.12. The van der Waals surface area contributed by atoms with E-state index in [1.54, 1.807) is 40.6 Å². The summed E-state index contributed by atoms with van der Waals surface area (Å²) >= 11 is 0. The third-order valence-corrected chi connectivity index (χ3v) is 3.08. The average Bonchev–Trinajstić information content (AvgIpc) is 3.13. The zero-order valence-corrected chi connectivity index (χ0v) is 12.4. The van der Waals surface area contributed by atoms with E-state index in [4.69, 9.17) is 4.74 Å². The van der Waals surface area contributed by atoms with Crippen LogP contribution in [0.4, 0.5) is 5.82 Å². The largest absolute Gasteiger partial charge is 0.461 e. The second kappa shape index (κ2) is 5.84. The van der Waals surface area contributed by atoms with Gasteiger partial charge in [0.2, 0.25) is 0 Å². The molecule has 8 heteroatoms. The molecular formula is C14H16N6O2. The van der Waals surface area contributed by atoms with Crippen LogP contribution >= 0.6 is 0 Å². The highest BCUT2D eigenvalue weighted by atomic mass is 16.5. The first-order valence-electron chi connectivity index (χ1n) is 6.90. The van der Waals surface area contributed by atoms with Gasteiger partial charge in [-0.15, -0.1) is 0 Å². The molecule has 0 radical (unpaired) electrons. The Kier molecular flexibility index (Phi) is 3.73. The van der Waals surface area contributed by atoms with E-state index >= 15 is 0 Å². The number of anilines is 1. The third-order valence-electron chi connectivity index (χ3n) is 3.08. The van der Waals surface area contributed by atoms with Crippen LogP contribution in [0.1, 0.15) is 23.0 Å². The summed E-state index contributed by atoms with van der Waals surface area (Å²) in [4.78, 5) is 16.1. The van der Waals surface area contributed by atoms with Gasteiger partial charge in [-0.1, -0.05) is 0 Å². The van der Waals surface area contributed by atoms with Crippen molar-refractivity contribution in [3.05, 3.63) is 42.0 Å². The van der Waals surface area contributed by atoms with Gasteiger partial charge in [0.1, 0.15) is 5.82 Å². The molecule has 0 aromatic carbocycles. The van der Waals surface area contributed by atoms with Crippen LogP contribution in [0.25, 0.3) is 5.65 Å². The van der Waals surface area contributed by atoms with Gasteiger partial charge in [0, 0.05) is 37.5 Å². The Morgan fingerprint density at radius 2 is 2.27 bits per heavy atom. The van der Waals surface area contributed by atoms with Crippen LogP contribution in [-0.2, 0) is 18.3 Å². The summed E-state index contributed by atoms with van der Waals surface area (Å²) in [5, 5.41) is 11.6. The number of esters is 1. The van der Waals surface area contributed by atoms with E-state index in [1.165, 1.54) is 0 Å². The first-order valence-corrected chi connectivity index (χ1v) is 6.90. The quantitative estimate of drug-likeness (QED) is 0.714. The molecule has 0 saturated carbocycles. The Hall–Kier alpha value is -2.90. The van der Waals surface area contributed by atoms with Gasteiger partial charge < -0.3 is 10.1 Å². The van der Waals surface area contributed by atoms with E-state index in [2.05, 4.69) is 20.5 Å². The van der Waals surface area contributed by atoms with Crippen LogP contribution in [0.3, 0.4) is 0 Å². The van der Waals surface area contributed by atoms with Crippen molar-refractivity contribution in [3.8, 4) is 0 Å². The molecule has 0 bridgehead atoms. The molecule has 0 fully saturated rings. The second-order valence-corrected chi connectivity index (χ2v) is 4.72. The standard InChI is InChI=1S/C14H16N6O2/c1-3-22-14(21)11-6-13(20-12(18-11)4-5-16-20)15-7-10-8-17-19(2)9-10/h4-6,8-9,15H,3,7H2,1-2H3. The van der Waals surface area contributed by atoms with Crippen LogP contribution in [0.15, 0.2) is 30.7 Å². The van der Waals surface area contributed by atoms with E-state index in [1.807, 2.05) is 13.2 Å². The lowest BCUT2D eigenvalue weighted by molar-refractivity contribution is 0.0519. The third kappa shape index (κ3) is 2.76. The highest BCUT2D eigenvalue weighted by molar-refractivity contribution is 5.88. The number of hydrogen-bond acceptors (Lipinski definition) is 6. The van der Waals surface area contributed by atoms with E-state index in [0.717, 1.165) is 5.56 Å². The van der Waals surface area contributed by atoms with Gasteiger partial charge in [-0.05, 0) is 6.92 Å². The van der Waals surface area contributed by atoms with E-state index in [-0.39, 0.29) is 5.69 Å². The molecule has 0 aliphatic rings. The zero-order valence-electron chi connectivity index (χ0n) is 12.4. The van der Waals surface area contributed by atoms with Gasteiger partial charge in [-0.3, -0.25) is 4.68 Å². The van der Waals surface area contributed by atoms with Gasteiger partial charge in [0.05, 0.1) is 19.0 Å². The number of rotatable bonds is 5. The molecule has 0 unspecified atom stereocenters. The molecule has 3 heterocycles. The number of fused-ring (bicyclic) bond motifs is 1. The van der Waals surface area contributed by atoms with Gasteiger partial charge in [0.15, 0.2) is 11.3 Å². The van der Waals surface area contributed by atoms with Gasteiger partial charge in [-0.25, -0.2) is 9.78 Å². The van der Waals surface area contributed by atoms with Crippen molar-refractivity contribution >= 4 is 17.4 Å². The maximum atomic E-state index is 11.9. The minimum absolute atomic E-state index is 0.253. The van der Waals surface area contributed by atoms with Crippen molar-refractivity contribution in [3.63, 3.8) is 0 Å². The SMILES string of the molecule is CCOC(=O)c1cc(NCc2cnn(C)c2)n2nccc2n1. The fraction of sp³-hybridized carbons (Fsp3) is 0.286. The summed E-state index contributed by atoms with van der Waals surface area (Å²) in [6.07, 6.45) is 5.33. The topological polar surface area (TPSA) is 86.3 Å². The fourth-order valence-electron chi connectivity index (χ4n) is 2.10. The molecule has 114 valence electrons. The van der Waals surface area contributed by atoms with Crippen LogP contribution in [0.5, 0.6) is 0 Å². The number of ether oxygens (including phenoxy) is 1. The Bertz CT molecular complexity index is 807. The smallest absolute Gasteiger partial charge is 0.357 e. The van der Waals surface area contributed by atoms with Crippen LogP contribution in [0.2, 0.25) is 0 Å². The van der Waals surface area contributed by atoms with Crippen molar-refractivity contribution in [2.24, 2.45) is 7.05 Å². The highest BCUT2D eigenvalue weighted by Gasteiger charge is 2.13. The molecule has 0 aliphatic heterocycles. The second-order valence-electron chi connectivity index (χ2n) is 4.72. The number of nitrogens with zero attached hydrogens (tertiary/aromatic N) is 5. The summed E-state index contributed by atoms with van der Waals surface area (Å²) in [7, 11) is 1.86. The molecule has 3 aromatic heterocycles. The lowest BCUT2D eigenvalue weighted by Gasteiger charge is -2.09. The summed E-state index contributed by atoms with van der Waals surface area (Å²) in [6.45, 7) is 2.63. The molecule has 3 aromatic rings. The predicted molar refractivity (Wildman–Crippen MR) is 79.5 cm³/mol. The minimum Gasteiger partial charge on any atom is -0.461 e. The van der Waals surface area contributed by atoms with Crippen molar-refractivity contribution in [2.45, 2.75) is 13.5 Å². The van der Waals surface area contributed by atoms with Gasteiger partial charge in [-0.2, -0.15) is 14.7 Å². The van der Waals surface area contributed by atoms with Crippen LogP contribution < -0.4 is 5.32 Å². The maximum absolute atomic E-state index is 11.9. The molecule has 0 saturated heterocycles. The van der Waals surface area contributed by atoms with Crippen molar-refractivity contribution in [1.29, 1.82) is 0 Å². The summed E-state index contributed by atoms with van der Waals surface area (Å²) in [5.74, 6) is 0.220. The first-order chi connectivity index (χ1) is 10.7. The Morgan fingerprint density at radius 3 is 3.00 bits per heavy atom. The molecule has 22 heavy (non-hydrogen) atoms. The number of hydrogen-bond donors (Lipinski definition) is 1. The summed E-state index contributed by atoms with van der Waals surface area (Å²) in [5.41, 5.74) is 1.86. The predicted octanol–water partition coefficient (Wildman–Crippen LogP) is 1.25. The van der Waals surface area contributed by atoms with Crippen LogP contribution in [0, 0.1) is 0 Å². The number of carbonyl (C=O) groups excluding carboxylic acids is 1. The van der Waals surface area contributed by atoms with Gasteiger partial charge >= 0.3 is 5.97 Å². The molecule has 0 aliphatic carbocycles. The molecular weight excluding hydrogens is 284 g/mol. The Labute approximate surface area is 126 Å². The number of nitrogens with one attached hydrogen (secondary N) is 1. The Balaban J connectivity index is 1.89. The molecule has 0 spiro atoms. The van der Waals surface area contributed by atoms with E-state index < -0.39 is 5.97 Å². The average molecular weight is 300 g/mol. The normalized spacial score (nSPS) is 10.8. The van der Waals surface area contributed by atoms with E-state index in [9.17, 15) is 4.79 Å². The van der Waals surface area contributed by atoms with Crippen molar-refractivity contribution < 1.29 is 9.53 Å². The Morgan fingerprint density at radius 1 is 1.41 bits per heavy atom. The fourth-order valence-corrected chi connectivity index (χ4v) is 2.10. The van der Waals surface area contributed by atoms with Crippen molar-refractivity contribution in [2.75, 3.05) is 11.9 Å². The summed E-state index contributed by atoms with van der Waals surface area (Å²) in [6, 6.07) is 3.37. The molecule has 0 amide bonds.